The molecule has 1 heterocycles. The summed E-state index contributed by atoms with van der Waals surface area (Å²) >= 11 is 0. The predicted octanol–water partition coefficient (Wildman–Crippen LogP) is 6.19. The summed E-state index contributed by atoms with van der Waals surface area (Å²) in [6, 6.07) is 0. The van der Waals surface area contributed by atoms with Crippen LogP contribution in [0.2, 0.25) is 0 Å². The van der Waals surface area contributed by atoms with Gasteiger partial charge in [0.2, 0.25) is 5.91 Å². The molecule has 0 aromatic heterocycles. The number of hydrogen-bond acceptors (Lipinski definition) is 6. The molecule has 5 atom stereocenters. The molecule has 0 aromatic rings. The molecule has 1 fully saturated rings. The lowest BCUT2D eigenvalue weighted by molar-refractivity contribution is -0.134. The molecule has 7 heteroatoms. The number of rotatable bonds is 16. The Kier molecular flexibility index (Phi) is 18.1. The quantitative estimate of drug-likeness (QED) is 0.132. The number of nitrogens with zero attached hydrogens (tertiary/aromatic N) is 2. The Morgan fingerprint density at radius 2 is 1.65 bits per heavy atom. The molecular formula is C33H60N2O5. The first-order valence-corrected chi connectivity index (χ1v) is 15.2. The summed E-state index contributed by atoms with van der Waals surface area (Å²) < 4.78 is 0. The Labute approximate surface area is 245 Å². The maximum atomic E-state index is 11.5. The van der Waals surface area contributed by atoms with Crippen LogP contribution in [0.25, 0.3) is 0 Å². The average molecular weight is 565 g/mol. The number of unbranched alkanes of at least 4 members (excludes halogenated alkanes) is 1. The topological polar surface area (TPSA) is 104 Å². The number of amides is 1. The molecule has 1 amide bonds. The summed E-state index contributed by atoms with van der Waals surface area (Å²) in [7, 11) is 0. The van der Waals surface area contributed by atoms with Gasteiger partial charge in [-0.2, -0.15) is 0 Å². The first-order chi connectivity index (χ1) is 18.8. The SMILES string of the molecule is C=C(C(C)CCCC)N1C=C2CC2(C(=C)O)C1.C=CC([C@H](O)CO)[C@@H](O)CC.CCCN(CCC)C(=O)C(C)C. The third-order valence-electron chi connectivity index (χ3n) is 7.77. The molecule has 232 valence electrons. The van der Waals surface area contributed by atoms with Crippen LogP contribution in [0.15, 0.2) is 49.0 Å². The second kappa shape index (κ2) is 19.1. The van der Waals surface area contributed by atoms with Crippen molar-refractivity contribution in [2.45, 2.75) is 106 Å². The Bertz CT molecular complexity index is 808. The molecule has 1 saturated carbocycles. The highest BCUT2D eigenvalue weighted by Crippen LogP contribution is 2.60. The molecule has 1 aliphatic heterocycles. The van der Waals surface area contributed by atoms with Crippen molar-refractivity contribution >= 4 is 5.91 Å². The molecule has 0 aromatic carbocycles. The van der Waals surface area contributed by atoms with Crippen LogP contribution >= 0.6 is 0 Å². The van der Waals surface area contributed by atoms with E-state index in [4.69, 9.17) is 10.2 Å². The largest absolute Gasteiger partial charge is 0.512 e. The van der Waals surface area contributed by atoms with Crippen molar-refractivity contribution in [2.24, 2.45) is 23.2 Å². The molecule has 7 nitrogen and oxygen atoms in total. The molecule has 40 heavy (non-hydrogen) atoms. The van der Waals surface area contributed by atoms with Gasteiger partial charge in [0, 0.05) is 43.4 Å². The number of fused-ring (bicyclic) bond motifs is 1. The lowest BCUT2D eigenvalue weighted by Crippen LogP contribution is -2.35. The fraction of sp³-hybridized carbons (Fsp3) is 0.727. The highest BCUT2D eigenvalue weighted by atomic mass is 16.3. The average Bonchev–Trinajstić information content (AvgIpc) is 3.51. The van der Waals surface area contributed by atoms with Gasteiger partial charge < -0.3 is 30.2 Å². The fourth-order valence-electron chi connectivity index (χ4n) is 4.86. The molecule has 3 unspecified atom stereocenters. The van der Waals surface area contributed by atoms with Crippen LogP contribution in [0, 0.1) is 23.2 Å². The summed E-state index contributed by atoms with van der Waals surface area (Å²) in [5.74, 6) is 0.848. The Morgan fingerprint density at radius 1 is 1.07 bits per heavy atom. The van der Waals surface area contributed by atoms with E-state index in [1.807, 2.05) is 25.7 Å². The predicted molar refractivity (Wildman–Crippen MR) is 167 cm³/mol. The lowest BCUT2D eigenvalue weighted by Gasteiger charge is -2.27. The van der Waals surface area contributed by atoms with E-state index in [0.717, 1.165) is 38.9 Å². The summed E-state index contributed by atoms with van der Waals surface area (Å²) in [4.78, 5) is 15.7. The van der Waals surface area contributed by atoms with E-state index in [1.54, 1.807) is 0 Å². The van der Waals surface area contributed by atoms with E-state index in [-0.39, 0.29) is 17.9 Å². The normalized spacial score (nSPS) is 20.0. The first kappa shape index (κ1) is 37.9. The van der Waals surface area contributed by atoms with Gasteiger partial charge >= 0.3 is 0 Å². The highest BCUT2D eigenvalue weighted by molar-refractivity contribution is 5.78. The molecule has 2 aliphatic rings. The first-order valence-electron chi connectivity index (χ1n) is 15.2. The van der Waals surface area contributed by atoms with E-state index in [0.29, 0.717) is 24.0 Å². The summed E-state index contributed by atoms with van der Waals surface area (Å²) in [6.45, 7) is 28.1. The van der Waals surface area contributed by atoms with E-state index < -0.39 is 18.1 Å². The number of aliphatic hydroxyl groups is 4. The second-order valence-corrected chi connectivity index (χ2v) is 11.5. The van der Waals surface area contributed by atoms with E-state index in [2.05, 4.69) is 58.5 Å². The third kappa shape index (κ3) is 11.4. The van der Waals surface area contributed by atoms with Gasteiger partial charge in [0.05, 0.1) is 30.0 Å². The van der Waals surface area contributed by atoms with Crippen molar-refractivity contribution in [2.75, 3.05) is 26.2 Å². The Morgan fingerprint density at radius 3 is 2.02 bits per heavy atom. The summed E-state index contributed by atoms with van der Waals surface area (Å²) in [6.07, 6.45) is 9.43. The number of carbonyl (C=O) groups excluding carboxylic acids is 1. The second-order valence-electron chi connectivity index (χ2n) is 11.5. The van der Waals surface area contributed by atoms with E-state index in [1.165, 1.54) is 36.6 Å². The molecule has 2 rings (SSSR count). The van der Waals surface area contributed by atoms with Crippen molar-refractivity contribution in [3.05, 3.63) is 49.0 Å². The standard InChI is InChI=1S/C15H23NO.C10H21NO.C8H16O3/c1-5-6-7-11(2)12(3)16-9-14-8-15(14,10-16)13(4)17;1-5-7-11(8-6-2)10(12)9(3)4;1-3-6(7(10)4-2)8(11)5-9/h9,11,17H,3-8,10H2,1-2H3;9H,5-8H2,1-4H3;3,6-11H,1,4-5H2,2H3/t;;6?,7-,8+/m..0/s1. The molecule has 0 saturated heterocycles. The third-order valence-corrected chi connectivity index (χ3v) is 7.77. The van der Waals surface area contributed by atoms with Gasteiger partial charge in [-0.3, -0.25) is 4.79 Å². The highest BCUT2D eigenvalue weighted by Gasteiger charge is 2.56. The van der Waals surface area contributed by atoms with E-state index in [9.17, 15) is 15.0 Å². The maximum absolute atomic E-state index is 11.5. The van der Waals surface area contributed by atoms with Crippen molar-refractivity contribution in [1.29, 1.82) is 0 Å². The van der Waals surface area contributed by atoms with Crippen LogP contribution in [0.5, 0.6) is 0 Å². The zero-order valence-corrected chi connectivity index (χ0v) is 26.5. The minimum atomic E-state index is -0.901. The van der Waals surface area contributed by atoms with Gasteiger partial charge in [-0.1, -0.05) is 80.5 Å². The zero-order chi connectivity index (χ0) is 31.0. The molecule has 0 radical (unpaired) electrons. The minimum absolute atomic E-state index is 0.118. The lowest BCUT2D eigenvalue weighted by atomic mass is 9.95. The fourth-order valence-corrected chi connectivity index (χ4v) is 4.86. The van der Waals surface area contributed by atoms with E-state index >= 15 is 0 Å². The van der Waals surface area contributed by atoms with Gasteiger partial charge in [-0.15, -0.1) is 6.58 Å². The van der Waals surface area contributed by atoms with Gasteiger partial charge in [0.1, 0.15) is 0 Å². The maximum Gasteiger partial charge on any atom is 0.225 e. The van der Waals surface area contributed by atoms with Crippen LogP contribution in [0.1, 0.15) is 93.4 Å². The van der Waals surface area contributed by atoms with Crippen LogP contribution in [-0.4, -0.2) is 74.6 Å². The van der Waals surface area contributed by atoms with Crippen LogP contribution in [-0.2, 0) is 4.79 Å². The van der Waals surface area contributed by atoms with Gasteiger partial charge in [0.15, 0.2) is 0 Å². The van der Waals surface area contributed by atoms with Crippen LogP contribution < -0.4 is 0 Å². The summed E-state index contributed by atoms with van der Waals surface area (Å²) in [5.41, 5.74) is 2.38. The van der Waals surface area contributed by atoms with Crippen LogP contribution in [0.4, 0.5) is 0 Å². The molecule has 4 N–H and O–H groups in total. The Hall–Kier alpha value is -2.09. The van der Waals surface area contributed by atoms with Gasteiger partial charge in [-0.25, -0.2) is 0 Å². The molecule has 0 spiro atoms. The molecular weight excluding hydrogens is 504 g/mol. The van der Waals surface area contributed by atoms with Crippen molar-refractivity contribution in [1.82, 2.24) is 9.80 Å². The van der Waals surface area contributed by atoms with Crippen molar-refractivity contribution in [3.8, 4) is 0 Å². The summed E-state index contributed by atoms with van der Waals surface area (Å²) in [5, 5.41) is 36.6. The van der Waals surface area contributed by atoms with Crippen LogP contribution in [0.3, 0.4) is 0 Å². The van der Waals surface area contributed by atoms with Gasteiger partial charge in [0.25, 0.3) is 0 Å². The van der Waals surface area contributed by atoms with Crippen molar-refractivity contribution < 1.29 is 25.2 Å². The number of hydrogen-bond donors (Lipinski definition) is 4. The number of carbonyl (C=O) groups is 1. The number of allylic oxidation sites excluding steroid dienone is 1. The zero-order valence-electron chi connectivity index (χ0n) is 26.5. The number of aliphatic hydroxyl groups excluding tert-OH is 4. The Balaban J connectivity index is 0.000000593. The monoisotopic (exact) mass is 564 g/mol. The smallest absolute Gasteiger partial charge is 0.225 e. The van der Waals surface area contributed by atoms with Crippen molar-refractivity contribution in [3.63, 3.8) is 0 Å². The molecule has 0 bridgehead atoms. The minimum Gasteiger partial charge on any atom is -0.512 e. The van der Waals surface area contributed by atoms with Gasteiger partial charge in [-0.05, 0) is 43.6 Å². The molecule has 1 aliphatic carbocycles.